The van der Waals surface area contributed by atoms with Gasteiger partial charge in [-0.15, -0.1) is 0 Å². The van der Waals surface area contributed by atoms with E-state index in [9.17, 15) is 4.79 Å². The third-order valence-corrected chi connectivity index (χ3v) is 3.44. The zero-order valence-electron chi connectivity index (χ0n) is 10.8. The number of benzene rings is 1. The van der Waals surface area contributed by atoms with Gasteiger partial charge in [0.25, 0.3) is 5.56 Å². The number of nitrogens with zero attached hydrogens (tertiary/aromatic N) is 2. The number of aryl methyl sites for hydroxylation is 3. The molecule has 0 fully saturated rings. The van der Waals surface area contributed by atoms with E-state index in [-0.39, 0.29) is 5.56 Å². The van der Waals surface area contributed by atoms with E-state index in [4.69, 9.17) is 0 Å². The fourth-order valence-corrected chi connectivity index (χ4v) is 2.39. The molecule has 0 spiro atoms. The van der Waals surface area contributed by atoms with Gasteiger partial charge in [0.1, 0.15) is 0 Å². The Bertz CT molecular complexity index is 619. The highest BCUT2D eigenvalue weighted by Crippen LogP contribution is 2.16. The fourth-order valence-electron chi connectivity index (χ4n) is 2.39. The summed E-state index contributed by atoms with van der Waals surface area (Å²) in [5, 5.41) is 7.70. The Morgan fingerprint density at radius 2 is 2.11 bits per heavy atom. The number of rotatable bonds is 3. The van der Waals surface area contributed by atoms with E-state index in [1.807, 2.05) is 18.2 Å². The Labute approximate surface area is 112 Å². The smallest absolute Gasteiger partial charge is 0.268 e. The molecule has 1 aromatic heterocycles. The summed E-state index contributed by atoms with van der Waals surface area (Å²) >= 11 is 0. The molecule has 0 radical (unpaired) electrons. The molecular formula is C15H17N3O. The topological polar surface area (TPSA) is 46.9 Å². The maximum absolute atomic E-state index is 12.0. The Morgan fingerprint density at radius 1 is 1.26 bits per heavy atom. The summed E-state index contributed by atoms with van der Waals surface area (Å²) < 4.78 is 1.58. The summed E-state index contributed by atoms with van der Waals surface area (Å²) in [5.41, 5.74) is 3.13. The van der Waals surface area contributed by atoms with Crippen molar-refractivity contribution in [3.63, 3.8) is 0 Å². The quantitative estimate of drug-likeness (QED) is 0.910. The van der Waals surface area contributed by atoms with E-state index in [1.165, 1.54) is 5.56 Å². The van der Waals surface area contributed by atoms with E-state index < -0.39 is 0 Å². The molecule has 0 unspecified atom stereocenters. The molecule has 98 valence electrons. The first kappa shape index (κ1) is 12.0. The predicted octanol–water partition coefficient (Wildman–Crippen LogP) is 1.84. The van der Waals surface area contributed by atoms with Crippen molar-refractivity contribution in [2.45, 2.75) is 25.8 Å². The van der Waals surface area contributed by atoms with Gasteiger partial charge in [-0.1, -0.05) is 30.3 Å². The molecular weight excluding hydrogens is 238 g/mol. The van der Waals surface area contributed by atoms with Gasteiger partial charge in [0.2, 0.25) is 0 Å². The third-order valence-electron chi connectivity index (χ3n) is 3.44. The standard InChI is InChI=1S/C15H17N3O/c19-15-11-14-13(7-4-9-16-14)17-18(15)10-8-12-5-2-1-3-6-12/h1-3,5-6,11,16H,4,7-10H2. The Balaban J connectivity index is 1.79. The zero-order valence-corrected chi connectivity index (χ0v) is 10.8. The maximum Gasteiger partial charge on any atom is 0.268 e. The monoisotopic (exact) mass is 255 g/mol. The van der Waals surface area contributed by atoms with E-state index in [0.717, 1.165) is 37.2 Å². The molecule has 3 rings (SSSR count). The van der Waals surface area contributed by atoms with Crippen molar-refractivity contribution < 1.29 is 0 Å². The Morgan fingerprint density at radius 3 is 2.95 bits per heavy atom. The zero-order chi connectivity index (χ0) is 13.1. The van der Waals surface area contributed by atoms with E-state index in [0.29, 0.717) is 6.54 Å². The van der Waals surface area contributed by atoms with Gasteiger partial charge in [0.05, 0.1) is 11.4 Å². The number of anilines is 1. The van der Waals surface area contributed by atoms with Crippen LogP contribution in [0.5, 0.6) is 0 Å². The molecule has 1 aromatic carbocycles. The number of nitrogens with one attached hydrogen (secondary N) is 1. The van der Waals surface area contributed by atoms with Crippen molar-refractivity contribution >= 4 is 5.69 Å². The average molecular weight is 255 g/mol. The van der Waals surface area contributed by atoms with Gasteiger partial charge in [-0.25, -0.2) is 4.68 Å². The van der Waals surface area contributed by atoms with Gasteiger partial charge in [0.15, 0.2) is 0 Å². The molecule has 0 bridgehead atoms. The van der Waals surface area contributed by atoms with Crippen LogP contribution in [0.2, 0.25) is 0 Å². The van der Waals surface area contributed by atoms with Crippen LogP contribution in [0.3, 0.4) is 0 Å². The summed E-state index contributed by atoms with van der Waals surface area (Å²) in [6.07, 6.45) is 2.87. The van der Waals surface area contributed by atoms with Crippen molar-refractivity contribution in [2.75, 3.05) is 11.9 Å². The molecule has 0 amide bonds. The lowest BCUT2D eigenvalue weighted by Crippen LogP contribution is -2.27. The van der Waals surface area contributed by atoms with Crippen molar-refractivity contribution in [3.8, 4) is 0 Å². The molecule has 19 heavy (non-hydrogen) atoms. The summed E-state index contributed by atoms with van der Waals surface area (Å²) in [6, 6.07) is 11.9. The van der Waals surface area contributed by atoms with Crippen molar-refractivity contribution in [1.29, 1.82) is 0 Å². The van der Waals surface area contributed by atoms with Crippen LogP contribution in [0.15, 0.2) is 41.2 Å². The van der Waals surface area contributed by atoms with Crippen LogP contribution in [-0.4, -0.2) is 16.3 Å². The van der Waals surface area contributed by atoms with Gasteiger partial charge in [-0.3, -0.25) is 4.79 Å². The molecule has 1 N–H and O–H groups in total. The molecule has 2 heterocycles. The first-order valence-corrected chi connectivity index (χ1v) is 6.72. The molecule has 2 aromatic rings. The fraction of sp³-hybridized carbons (Fsp3) is 0.333. The number of hydrogen-bond donors (Lipinski definition) is 1. The molecule has 0 saturated carbocycles. The summed E-state index contributed by atoms with van der Waals surface area (Å²) in [7, 11) is 0. The normalized spacial score (nSPS) is 13.7. The van der Waals surface area contributed by atoms with E-state index in [1.54, 1.807) is 10.7 Å². The van der Waals surface area contributed by atoms with Crippen LogP contribution >= 0.6 is 0 Å². The highest BCUT2D eigenvalue weighted by molar-refractivity contribution is 5.48. The van der Waals surface area contributed by atoms with Gasteiger partial charge in [-0.2, -0.15) is 5.10 Å². The first-order chi connectivity index (χ1) is 9.33. The van der Waals surface area contributed by atoms with Crippen LogP contribution in [0.1, 0.15) is 17.7 Å². The van der Waals surface area contributed by atoms with Crippen LogP contribution in [0.25, 0.3) is 0 Å². The molecule has 0 atom stereocenters. The summed E-state index contributed by atoms with van der Waals surface area (Å²) in [5.74, 6) is 0. The van der Waals surface area contributed by atoms with Crippen LogP contribution < -0.4 is 10.9 Å². The second-order valence-electron chi connectivity index (χ2n) is 4.83. The number of fused-ring (bicyclic) bond motifs is 1. The van der Waals surface area contributed by atoms with Gasteiger partial charge in [0, 0.05) is 19.2 Å². The highest BCUT2D eigenvalue weighted by atomic mass is 16.1. The van der Waals surface area contributed by atoms with Crippen LogP contribution in [-0.2, 0) is 19.4 Å². The minimum atomic E-state index is -0.0240. The summed E-state index contributed by atoms with van der Waals surface area (Å²) in [6.45, 7) is 1.57. The average Bonchev–Trinajstić information content (AvgIpc) is 2.46. The van der Waals surface area contributed by atoms with Gasteiger partial charge < -0.3 is 5.32 Å². The highest BCUT2D eigenvalue weighted by Gasteiger charge is 2.12. The molecule has 0 saturated heterocycles. The number of hydrogen-bond acceptors (Lipinski definition) is 3. The van der Waals surface area contributed by atoms with Gasteiger partial charge >= 0.3 is 0 Å². The second-order valence-corrected chi connectivity index (χ2v) is 4.83. The molecule has 4 nitrogen and oxygen atoms in total. The lowest BCUT2D eigenvalue weighted by molar-refractivity contribution is 0.559. The Kier molecular flexibility index (Phi) is 3.31. The van der Waals surface area contributed by atoms with Crippen molar-refractivity contribution in [1.82, 2.24) is 9.78 Å². The molecule has 1 aliphatic heterocycles. The summed E-state index contributed by atoms with van der Waals surface area (Å²) in [4.78, 5) is 12.0. The van der Waals surface area contributed by atoms with E-state index >= 15 is 0 Å². The van der Waals surface area contributed by atoms with Gasteiger partial charge in [-0.05, 0) is 24.8 Å². The van der Waals surface area contributed by atoms with Crippen LogP contribution in [0, 0.1) is 0 Å². The molecule has 1 aliphatic rings. The third kappa shape index (κ3) is 2.67. The largest absolute Gasteiger partial charge is 0.383 e. The lowest BCUT2D eigenvalue weighted by Gasteiger charge is -2.17. The SMILES string of the molecule is O=c1cc2c(nn1CCc1ccccc1)CCCN2. The minimum Gasteiger partial charge on any atom is -0.383 e. The lowest BCUT2D eigenvalue weighted by atomic mass is 10.1. The predicted molar refractivity (Wildman–Crippen MR) is 75.5 cm³/mol. The van der Waals surface area contributed by atoms with Crippen LogP contribution in [0.4, 0.5) is 5.69 Å². The Hall–Kier alpha value is -2.10. The first-order valence-electron chi connectivity index (χ1n) is 6.72. The maximum atomic E-state index is 12.0. The van der Waals surface area contributed by atoms with Crippen molar-refractivity contribution in [2.24, 2.45) is 0 Å². The number of aromatic nitrogens is 2. The minimum absolute atomic E-state index is 0.0240. The van der Waals surface area contributed by atoms with Crippen molar-refractivity contribution in [3.05, 3.63) is 58.0 Å². The second kappa shape index (κ2) is 5.26. The van der Waals surface area contributed by atoms with E-state index in [2.05, 4.69) is 22.5 Å². The molecule has 4 heteroatoms. The molecule has 0 aliphatic carbocycles.